The summed E-state index contributed by atoms with van der Waals surface area (Å²) in [5.74, 6) is -0.632. The van der Waals surface area contributed by atoms with Crippen molar-refractivity contribution in [2.24, 2.45) is 5.41 Å². The molecule has 132 valence electrons. The van der Waals surface area contributed by atoms with Gasteiger partial charge in [-0.3, -0.25) is 4.90 Å². The third-order valence-corrected chi connectivity index (χ3v) is 3.95. The Labute approximate surface area is 140 Å². The molecule has 2 nitrogen and oxygen atoms in total. The normalized spacial score (nSPS) is 18.4. The molecule has 1 aromatic rings. The van der Waals surface area contributed by atoms with E-state index in [1.165, 1.54) is 0 Å². The van der Waals surface area contributed by atoms with E-state index in [0.29, 0.717) is 13.1 Å². The van der Waals surface area contributed by atoms with Gasteiger partial charge in [-0.1, -0.05) is 20.8 Å². The quantitative estimate of drug-likeness (QED) is 0.798. The van der Waals surface area contributed by atoms with Crippen LogP contribution in [0.25, 0.3) is 0 Å². The SMILES string of the molecule is CC(C)(C)[C@H](c1cc(F)ccc1C(F)(F)F)N1CCNCC1.Cl. The predicted molar refractivity (Wildman–Crippen MR) is 85.3 cm³/mol. The van der Waals surface area contributed by atoms with Gasteiger partial charge in [-0.2, -0.15) is 13.2 Å². The monoisotopic (exact) mass is 354 g/mol. The summed E-state index contributed by atoms with van der Waals surface area (Å²) < 4.78 is 53.7. The van der Waals surface area contributed by atoms with Crippen molar-refractivity contribution in [3.63, 3.8) is 0 Å². The molecule has 1 fully saturated rings. The summed E-state index contributed by atoms with van der Waals surface area (Å²) in [6, 6.07) is 2.29. The van der Waals surface area contributed by atoms with Crippen LogP contribution < -0.4 is 5.32 Å². The number of hydrogen-bond acceptors (Lipinski definition) is 2. The lowest BCUT2D eigenvalue weighted by atomic mass is 9.79. The molecular formula is C16H23ClF4N2. The molecule has 0 amide bonds. The molecule has 1 aliphatic heterocycles. The van der Waals surface area contributed by atoms with Crippen molar-refractivity contribution in [1.29, 1.82) is 0 Å². The van der Waals surface area contributed by atoms with Gasteiger partial charge in [-0.05, 0) is 29.2 Å². The summed E-state index contributed by atoms with van der Waals surface area (Å²) in [4.78, 5) is 2.01. The first-order valence-corrected chi connectivity index (χ1v) is 7.42. The summed E-state index contributed by atoms with van der Waals surface area (Å²) in [6.07, 6.45) is -4.49. The fourth-order valence-electron chi connectivity index (χ4n) is 3.17. The Kier molecular flexibility index (Phi) is 6.47. The molecule has 1 saturated heterocycles. The van der Waals surface area contributed by atoms with Crippen LogP contribution in [0.3, 0.4) is 0 Å². The molecule has 0 radical (unpaired) electrons. The Bertz CT molecular complexity index is 520. The van der Waals surface area contributed by atoms with Crippen LogP contribution in [0.5, 0.6) is 0 Å². The second-order valence-corrected chi connectivity index (χ2v) is 6.78. The molecular weight excluding hydrogens is 332 g/mol. The van der Waals surface area contributed by atoms with Crippen molar-refractivity contribution in [1.82, 2.24) is 10.2 Å². The molecule has 0 bridgehead atoms. The molecule has 2 rings (SSSR count). The van der Waals surface area contributed by atoms with Gasteiger partial charge in [-0.15, -0.1) is 12.4 Å². The van der Waals surface area contributed by atoms with Gasteiger partial charge in [0.1, 0.15) is 5.82 Å². The third-order valence-electron chi connectivity index (χ3n) is 3.95. The van der Waals surface area contributed by atoms with Crippen LogP contribution in [0.15, 0.2) is 18.2 Å². The third kappa shape index (κ3) is 4.81. The fraction of sp³-hybridized carbons (Fsp3) is 0.625. The van der Waals surface area contributed by atoms with Crippen molar-refractivity contribution in [2.75, 3.05) is 26.2 Å². The number of halogens is 5. The molecule has 23 heavy (non-hydrogen) atoms. The Hall–Kier alpha value is -0.850. The van der Waals surface area contributed by atoms with Crippen LogP contribution in [0.2, 0.25) is 0 Å². The zero-order valence-electron chi connectivity index (χ0n) is 13.5. The summed E-state index contributed by atoms with van der Waals surface area (Å²) in [5, 5.41) is 3.19. The van der Waals surface area contributed by atoms with E-state index in [0.717, 1.165) is 31.3 Å². The van der Waals surface area contributed by atoms with Gasteiger partial charge in [0.2, 0.25) is 0 Å². The maximum Gasteiger partial charge on any atom is 0.416 e. The van der Waals surface area contributed by atoms with E-state index < -0.39 is 29.0 Å². The van der Waals surface area contributed by atoms with E-state index >= 15 is 0 Å². The molecule has 1 aliphatic rings. The first kappa shape index (κ1) is 20.2. The minimum absolute atomic E-state index is 0. The Morgan fingerprint density at radius 2 is 1.65 bits per heavy atom. The van der Waals surface area contributed by atoms with E-state index in [1.54, 1.807) is 0 Å². The van der Waals surface area contributed by atoms with Crippen LogP contribution in [0.1, 0.15) is 37.9 Å². The highest BCUT2D eigenvalue weighted by Crippen LogP contribution is 2.44. The van der Waals surface area contributed by atoms with Crippen molar-refractivity contribution in [3.8, 4) is 0 Å². The average molecular weight is 355 g/mol. The summed E-state index contributed by atoms with van der Waals surface area (Å²) in [5.41, 5.74) is -1.15. The van der Waals surface area contributed by atoms with E-state index in [9.17, 15) is 17.6 Å². The molecule has 0 saturated carbocycles. The molecule has 0 spiro atoms. The summed E-state index contributed by atoms with van der Waals surface area (Å²) in [6.45, 7) is 8.43. The van der Waals surface area contributed by atoms with E-state index in [-0.39, 0.29) is 18.0 Å². The second kappa shape index (κ2) is 7.36. The smallest absolute Gasteiger partial charge is 0.314 e. The lowest BCUT2D eigenvalue weighted by molar-refractivity contribution is -0.139. The van der Waals surface area contributed by atoms with Crippen LogP contribution in [0, 0.1) is 11.2 Å². The Morgan fingerprint density at radius 1 is 1.09 bits per heavy atom. The van der Waals surface area contributed by atoms with Crippen molar-refractivity contribution in [3.05, 3.63) is 35.1 Å². The summed E-state index contributed by atoms with van der Waals surface area (Å²) >= 11 is 0. The molecule has 1 heterocycles. The highest BCUT2D eigenvalue weighted by Gasteiger charge is 2.40. The Balaban J connectivity index is 0.00000264. The molecule has 0 unspecified atom stereocenters. The van der Waals surface area contributed by atoms with E-state index in [1.807, 2.05) is 25.7 Å². The maximum absolute atomic E-state index is 13.7. The van der Waals surface area contributed by atoms with Crippen LogP contribution in [-0.2, 0) is 6.18 Å². The highest BCUT2D eigenvalue weighted by molar-refractivity contribution is 5.85. The number of hydrogen-bond donors (Lipinski definition) is 1. The van der Waals surface area contributed by atoms with Gasteiger partial charge >= 0.3 is 6.18 Å². The van der Waals surface area contributed by atoms with Gasteiger partial charge in [-0.25, -0.2) is 4.39 Å². The van der Waals surface area contributed by atoms with Gasteiger partial charge in [0, 0.05) is 32.2 Å². The number of alkyl halides is 3. The molecule has 1 atom stereocenters. The molecule has 1 N–H and O–H groups in total. The van der Waals surface area contributed by atoms with Gasteiger partial charge in [0.15, 0.2) is 0 Å². The maximum atomic E-state index is 13.7. The van der Waals surface area contributed by atoms with E-state index in [4.69, 9.17) is 0 Å². The number of piperazine rings is 1. The standard InChI is InChI=1S/C16H22F4N2.ClH/c1-15(2,3)14(22-8-6-21-7-9-22)12-10-11(17)4-5-13(12)16(18,19)20;/h4-5,10,14,21H,6-9H2,1-3H3;1H/t14-;/m0./s1. The minimum Gasteiger partial charge on any atom is -0.314 e. The zero-order chi connectivity index (χ0) is 16.5. The number of nitrogens with zero attached hydrogens (tertiary/aromatic N) is 1. The lowest BCUT2D eigenvalue weighted by Crippen LogP contribution is -2.48. The molecule has 1 aromatic carbocycles. The number of rotatable bonds is 2. The van der Waals surface area contributed by atoms with Crippen LogP contribution in [0.4, 0.5) is 17.6 Å². The molecule has 7 heteroatoms. The summed E-state index contributed by atoms with van der Waals surface area (Å²) in [7, 11) is 0. The van der Waals surface area contributed by atoms with Gasteiger partial charge in [0.05, 0.1) is 5.56 Å². The Morgan fingerprint density at radius 3 is 2.13 bits per heavy atom. The second-order valence-electron chi connectivity index (χ2n) is 6.78. The van der Waals surface area contributed by atoms with Crippen molar-refractivity contribution >= 4 is 12.4 Å². The van der Waals surface area contributed by atoms with Gasteiger partial charge < -0.3 is 5.32 Å². The molecule has 0 aliphatic carbocycles. The van der Waals surface area contributed by atoms with Gasteiger partial charge in [0.25, 0.3) is 0 Å². The molecule has 0 aromatic heterocycles. The predicted octanol–water partition coefficient (Wildman–Crippen LogP) is 4.26. The number of benzene rings is 1. The first-order valence-electron chi connectivity index (χ1n) is 7.42. The first-order chi connectivity index (χ1) is 10.1. The lowest BCUT2D eigenvalue weighted by Gasteiger charge is -2.43. The van der Waals surface area contributed by atoms with Crippen molar-refractivity contribution in [2.45, 2.75) is 33.0 Å². The minimum atomic E-state index is -4.49. The average Bonchev–Trinajstić information content (AvgIpc) is 2.37. The topological polar surface area (TPSA) is 15.3 Å². The van der Waals surface area contributed by atoms with Crippen LogP contribution >= 0.6 is 12.4 Å². The van der Waals surface area contributed by atoms with Crippen molar-refractivity contribution < 1.29 is 17.6 Å². The number of nitrogens with one attached hydrogen (secondary N) is 1. The fourth-order valence-corrected chi connectivity index (χ4v) is 3.17. The van der Waals surface area contributed by atoms with E-state index in [2.05, 4.69) is 5.32 Å². The van der Waals surface area contributed by atoms with Crippen LogP contribution in [-0.4, -0.2) is 31.1 Å². The zero-order valence-corrected chi connectivity index (χ0v) is 14.3. The largest absolute Gasteiger partial charge is 0.416 e. The highest BCUT2D eigenvalue weighted by atomic mass is 35.5.